The van der Waals surface area contributed by atoms with Crippen molar-refractivity contribution in [3.63, 3.8) is 0 Å². The highest BCUT2D eigenvalue weighted by molar-refractivity contribution is 6.32. The number of nitriles is 1. The van der Waals surface area contributed by atoms with Crippen LogP contribution in [-0.2, 0) is 0 Å². The van der Waals surface area contributed by atoms with Crippen LogP contribution in [0.25, 0.3) is 0 Å². The third-order valence-electron chi connectivity index (χ3n) is 3.61. The van der Waals surface area contributed by atoms with E-state index in [1.807, 2.05) is 12.1 Å². The largest absolute Gasteiger partial charge is 0.371 e. The number of nitrogens with zero attached hydrogens (tertiary/aromatic N) is 2. The normalized spacial score (nSPS) is 16.5. The molecule has 0 unspecified atom stereocenters. The molecule has 0 radical (unpaired) electrons. The van der Waals surface area contributed by atoms with Crippen LogP contribution in [0.5, 0.6) is 0 Å². The predicted molar refractivity (Wildman–Crippen MR) is 71.4 cm³/mol. The lowest BCUT2D eigenvalue weighted by Gasteiger charge is -2.33. The molecule has 0 bridgehead atoms. The molecule has 17 heavy (non-hydrogen) atoms. The second kappa shape index (κ2) is 5.42. The zero-order chi connectivity index (χ0) is 12.3. The van der Waals surface area contributed by atoms with Gasteiger partial charge in [-0.05, 0) is 25.0 Å². The summed E-state index contributed by atoms with van der Waals surface area (Å²) in [5, 5.41) is 9.73. The molecule has 0 aromatic heterocycles. The Morgan fingerprint density at radius 3 is 2.65 bits per heavy atom. The first-order valence-corrected chi connectivity index (χ1v) is 6.53. The minimum absolute atomic E-state index is 0.549. The van der Waals surface area contributed by atoms with E-state index < -0.39 is 0 Å². The van der Waals surface area contributed by atoms with E-state index in [1.54, 1.807) is 6.07 Å². The van der Waals surface area contributed by atoms with E-state index in [1.165, 1.54) is 32.1 Å². The van der Waals surface area contributed by atoms with Crippen molar-refractivity contribution in [2.45, 2.75) is 38.1 Å². The molecule has 2 nitrogen and oxygen atoms in total. The monoisotopic (exact) mass is 248 g/mol. The van der Waals surface area contributed by atoms with Gasteiger partial charge in [0.2, 0.25) is 0 Å². The van der Waals surface area contributed by atoms with Gasteiger partial charge in [-0.1, -0.05) is 36.9 Å². The first kappa shape index (κ1) is 12.3. The molecule has 1 aromatic rings. The van der Waals surface area contributed by atoms with Crippen LogP contribution in [0.15, 0.2) is 18.2 Å². The molecule has 0 N–H and O–H groups in total. The summed E-state index contributed by atoms with van der Waals surface area (Å²) in [6.07, 6.45) is 6.35. The van der Waals surface area contributed by atoms with Gasteiger partial charge < -0.3 is 4.90 Å². The van der Waals surface area contributed by atoms with Crippen molar-refractivity contribution in [3.8, 4) is 6.07 Å². The zero-order valence-corrected chi connectivity index (χ0v) is 10.9. The summed E-state index contributed by atoms with van der Waals surface area (Å²) in [6.45, 7) is 0. The van der Waals surface area contributed by atoms with Crippen LogP contribution in [0.3, 0.4) is 0 Å². The molecular weight excluding hydrogens is 232 g/mol. The van der Waals surface area contributed by atoms with Crippen LogP contribution >= 0.6 is 11.6 Å². The number of rotatable bonds is 2. The number of halogens is 1. The second-order valence-corrected chi connectivity index (χ2v) is 5.06. The van der Waals surface area contributed by atoms with Gasteiger partial charge >= 0.3 is 0 Å². The van der Waals surface area contributed by atoms with Crippen molar-refractivity contribution in [1.29, 1.82) is 5.26 Å². The standard InChI is InChI=1S/C14H17ClN2/c1-17(11-6-3-2-4-7-11)14-9-5-8-13(15)12(14)10-16/h5,8-9,11H,2-4,6-7H2,1H3. The molecule has 2 rings (SSSR count). The Kier molecular flexibility index (Phi) is 3.91. The second-order valence-electron chi connectivity index (χ2n) is 4.65. The fraction of sp³-hybridized carbons (Fsp3) is 0.500. The Morgan fingerprint density at radius 1 is 1.29 bits per heavy atom. The van der Waals surface area contributed by atoms with E-state index in [2.05, 4.69) is 18.0 Å². The van der Waals surface area contributed by atoms with E-state index in [0.29, 0.717) is 16.6 Å². The summed E-state index contributed by atoms with van der Waals surface area (Å²) >= 11 is 6.06. The Labute approximate surface area is 108 Å². The van der Waals surface area contributed by atoms with Gasteiger partial charge in [0.15, 0.2) is 0 Å². The molecule has 0 atom stereocenters. The summed E-state index contributed by atoms with van der Waals surface area (Å²) in [7, 11) is 2.07. The van der Waals surface area contributed by atoms with E-state index in [0.717, 1.165) is 5.69 Å². The molecular formula is C14H17ClN2. The van der Waals surface area contributed by atoms with E-state index in [4.69, 9.17) is 11.6 Å². The smallest absolute Gasteiger partial charge is 0.103 e. The number of anilines is 1. The van der Waals surface area contributed by atoms with Gasteiger partial charge in [0.05, 0.1) is 16.3 Å². The van der Waals surface area contributed by atoms with Gasteiger partial charge in [0.25, 0.3) is 0 Å². The van der Waals surface area contributed by atoms with Gasteiger partial charge in [-0.15, -0.1) is 0 Å². The third kappa shape index (κ3) is 2.56. The maximum atomic E-state index is 9.19. The van der Waals surface area contributed by atoms with Crippen molar-refractivity contribution < 1.29 is 0 Å². The van der Waals surface area contributed by atoms with E-state index in [9.17, 15) is 5.26 Å². The quantitative estimate of drug-likeness (QED) is 0.792. The lowest BCUT2D eigenvalue weighted by atomic mass is 9.94. The fourth-order valence-corrected chi connectivity index (χ4v) is 2.79. The van der Waals surface area contributed by atoms with Crippen LogP contribution in [-0.4, -0.2) is 13.1 Å². The zero-order valence-electron chi connectivity index (χ0n) is 10.1. The summed E-state index contributed by atoms with van der Waals surface area (Å²) in [5.41, 5.74) is 1.56. The minimum Gasteiger partial charge on any atom is -0.371 e. The average Bonchev–Trinajstić information content (AvgIpc) is 2.38. The molecule has 1 saturated carbocycles. The molecule has 1 aliphatic rings. The van der Waals surface area contributed by atoms with Crippen molar-refractivity contribution in [1.82, 2.24) is 0 Å². The molecule has 0 spiro atoms. The van der Waals surface area contributed by atoms with Gasteiger partial charge in [-0.2, -0.15) is 5.26 Å². The highest BCUT2D eigenvalue weighted by Gasteiger charge is 2.20. The number of hydrogen-bond acceptors (Lipinski definition) is 2. The van der Waals surface area contributed by atoms with Gasteiger partial charge in [-0.25, -0.2) is 0 Å². The fourth-order valence-electron chi connectivity index (χ4n) is 2.58. The Bertz CT molecular complexity index is 430. The summed E-state index contributed by atoms with van der Waals surface area (Å²) in [6, 6.07) is 8.44. The van der Waals surface area contributed by atoms with Crippen LogP contribution in [0.2, 0.25) is 5.02 Å². The van der Waals surface area contributed by atoms with Crippen molar-refractivity contribution >= 4 is 17.3 Å². The van der Waals surface area contributed by atoms with Gasteiger partial charge in [0.1, 0.15) is 6.07 Å². The summed E-state index contributed by atoms with van der Waals surface area (Å²) in [4.78, 5) is 2.23. The molecule has 0 heterocycles. The lowest BCUT2D eigenvalue weighted by Crippen LogP contribution is -2.33. The highest BCUT2D eigenvalue weighted by atomic mass is 35.5. The molecule has 0 saturated heterocycles. The molecule has 1 fully saturated rings. The Morgan fingerprint density at radius 2 is 2.00 bits per heavy atom. The maximum Gasteiger partial charge on any atom is 0.103 e. The third-order valence-corrected chi connectivity index (χ3v) is 3.92. The molecule has 0 aliphatic heterocycles. The number of hydrogen-bond donors (Lipinski definition) is 0. The SMILES string of the molecule is CN(c1cccc(Cl)c1C#N)C1CCCCC1. The van der Waals surface area contributed by atoms with Crippen molar-refractivity contribution in [2.24, 2.45) is 0 Å². The maximum absolute atomic E-state index is 9.19. The lowest BCUT2D eigenvalue weighted by molar-refractivity contribution is 0.427. The summed E-state index contributed by atoms with van der Waals surface area (Å²) in [5.74, 6) is 0. The average molecular weight is 249 g/mol. The first-order chi connectivity index (χ1) is 8.24. The van der Waals surface area contributed by atoms with Gasteiger partial charge in [-0.3, -0.25) is 0 Å². The van der Waals surface area contributed by atoms with Crippen LogP contribution < -0.4 is 4.90 Å². The minimum atomic E-state index is 0.549. The molecule has 1 aliphatic carbocycles. The first-order valence-electron chi connectivity index (χ1n) is 6.15. The summed E-state index contributed by atoms with van der Waals surface area (Å²) < 4.78 is 0. The van der Waals surface area contributed by atoms with Crippen molar-refractivity contribution in [3.05, 3.63) is 28.8 Å². The topological polar surface area (TPSA) is 27.0 Å². The van der Waals surface area contributed by atoms with Crippen LogP contribution in [0, 0.1) is 11.3 Å². The van der Waals surface area contributed by atoms with Gasteiger partial charge in [0, 0.05) is 13.1 Å². The van der Waals surface area contributed by atoms with Crippen LogP contribution in [0.4, 0.5) is 5.69 Å². The Balaban J connectivity index is 2.27. The predicted octanol–water partition coefficient (Wildman–Crippen LogP) is 3.98. The molecule has 3 heteroatoms. The van der Waals surface area contributed by atoms with Crippen LogP contribution in [0.1, 0.15) is 37.7 Å². The number of benzene rings is 1. The molecule has 1 aromatic carbocycles. The van der Waals surface area contributed by atoms with Crippen molar-refractivity contribution in [2.75, 3.05) is 11.9 Å². The molecule has 0 amide bonds. The van der Waals surface area contributed by atoms with E-state index in [-0.39, 0.29) is 0 Å². The highest BCUT2D eigenvalue weighted by Crippen LogP contribution is 2.31. The van der Waals surface area contributed by atoms with E-state index >= 15 is 0 Å². The Hall–Kier alpha value is -1.20. The molecule has 90 valence electrons.